The first-order chi connectivity index (χ1) is 18.4. The van der Waals surface area contributed by atoms with Gasteiger partial charge in [-0.3, -0.25) is 4.79 Å². The van der Waals surface area contributed by atoms with E-state index >= 15 is 0 Å². The summed E-state index contributed by atoms with van der Waals surface area (Å²) in [6.07, 6.45) is 8.09. The molecule has 1 amide bonds. The van der Waals surface area contributed by atoms with Crippen molar-refractivity contribution in [2.75, 3.05) is 43.9 Å². The quantitative estimate of drug-likeness (QED) is 0.253. The van der Waals surface area contributed by atoms with Crippen LogP contribution in [0.4, 0.5) is 17.5 Å². The van der Waals surface area contributed by atoms with Gasteiger partial charge in [-0.15, -0.1) is 0 Å². The number of aromatic nitrogens is 4. The molecule has 0 spiro atoms. The van der Waals surface area contributed by atoms with Crippen molar-refractivity contribution >= 4 is 40.4 Å². The molecule has 2 unspecified atom stereocenters. The highest BCUT2D eigenvalue weighted by molar-refractivity contribution is 5.98. The standard InChI is InChI=1S/C25H31N7O3.C2H7N/c1-2-3-4-5-6-7-19-17-10-20(24(34)35)28-22(17)31-25(29-19)30-21-9-8-16(12-27-21)32-14-15-11-26-13-18(15)23(32)33;1-3-2/h8-10,12,15,18,26H,2-7,11,13-14H2,1H3,(H,34,35)(H2,27,28,29,30,31);3H,1-2H3. The predicted octanol–water partition coefficient (Wildman–Crippen LogP) is 3.33. The van der Waals surface area contributed by atoms with E-state index in [9.17, 15) is 14.7 Å². The van der Waals surface area contributed by atoms with Gasteiger partial charge in [0.05, 0.1) is 23.5 Å². The molecule has 2 aliphatic heterocycles. The van der Waals surface area contributed by atoms with Crippen LogP contribution in [-0.4, -0.2) is 70.6 Å². The summed E-state index contributed by atoms with van der Waals surface area (Å²) in [4.78, 5) is 42.5. The van der Waals surface area contributed by atoms with Crippen molar-refractivity contribution in [1.82, 2.24) is 30.6 Å². The Hall–Kier alpha value is -3.57. The van der Waals surface area contributed by atoms with Crippen LogP contribution in [-0.2, 0) is 11.2 Å². The SMILES string of the molecule is CCCCCCCc1nc(Nc2ccc(N3CC4CNCC4C3=O)cn2)nc2[nH]c(C(=O)O)cc12.CNC. The third-order valence-electron chi connectivity index (χ3n) is 6.95. The number of carboxylic acid groups (broad SMARTS) is 1. The zero-order chi connectivity index (χ0) is 27.1. The topological polar surface area (TPSA) is 148 Å². The van der Waals surface area contributed by atoms with Gasteiger partial charge in [0, 0.05) is 30.9 Å². The van der Waals surface area contributed by atoms with Gasteiger partial charge >= 0.3 is 5.97 Å². The number of nitrogens with one attached hydrogen (secondary N) is 4. The minimum Gasteiger partial charge on any atom is -0.477 e. The second-order valence-electron chi connectivity index (χ2n) is 9.91. The van der Waals surface area contributed by atoms with Crippen molar-refractivity contribution in [1.29, 1.82) is 0 Å². The third-order valence-corrected chi connectivity index (χ3v) is 6.95. The highest BCUT2D eigenvalue weighted by atomic mass is 16.4. The Labute approximate surface area is 222 Å². The van der Waals surface area contributed by atoms with Gasteiger partial charge in [-0.05, 0) is 45.1 Å². The molecule has 3 aromatic heterocycles. The van der Waals surface area contributed by atoms with Crippen LogP contribution in [0.1, 0.15) is 55.2 Å². The van der Waals surface area contributed by atoms with Crippen LogP contribution in [0, 0.1) is 11.8 Å². The number of aromatic amines is 1. The Morgan fingerprint density at radius 2 is 1.95 bits per heavy atom. The fourth-order valence-electron chi connectivity index (χ4n) is 5.03. The van der Waals surface area contributed by atoms with Crippen LogP contribution in [0.2, 0.25) is 0 Å². The largest absolute Gasteiger partial charge is 0.477 e. The summed E-state index contributed by atoms with van der Waals surface area (Å²) < 4.78 is 0. The lowest BCUT2D eigenvalue weighted by Gasteiger charge is -2.17. The smallest absolute Gasteiger partial charge is 0.352 e. The minimum atomic E-state index is -1.03. The maximum absolute atomic E-state index is 12.7. The fraction of sp³-hybridized carbons (Fsp3) is 0.519. The van der Waals surface area contributed by atoms with Crippen molar-refractivity contribution < 1.29 is 14.7 Å². The summed E-state index contributed by atoms with van der Waals surface area (Å²) in [7, 11) is 3.75. The van der Waals surface area contributed by atoms with Crippen LogP contribution in [0.15, 0.2) is 24.4 Å². The molecular weight excluding hydrogens is 484 g/mol. The maximum atomic E-state index is 12.7. The van der Waals surface area contributed by atoms with Gasteiger partial charge in [0.15, 0.2) is 0 Å². The normalized spacial score (nSPS) is 18.4. The van der Waals surface area contributed by atoms with Crippen molar-refractivity contribution in [3.8, 4) is 0 Å². The maximum Gasteiger partial charge on any atom is 0.352 e. The molecular formula is C27H38N8O3. The molecule has 2 fully saturated rings. The van der Waals surface area contributed by atoms with Crippen LogP contribution >= 0.6 is 0 Å². The van der Waals surface area contributed by atoms with E-state index in [-0.39, 0.29) is 17.5 Å². The molecule has 5 rings (SSSR count). The molecule has 5 heterocycles. The van der Waals surface area contributed by atoms with Crippen LogP contribution in [0.5, 0.6) is 0 Å². The highest BCUT2D eigenvalue weighted by Crippen LogP contribution is 2.32. The number of hydrogen-bond donors (Lipinski definition) is 5. The van der Waals surface area contributed by atoms with E-state index < -0.39 is 5.97 Å². The summed E-state index contributed by atoms with van der Waals surface area (Å²) >= 11 is 0. The number of nitrogens with zero attached hydrogens (tertiary/aromatic N) is 4. The lowest BCUT2D eigenvalue weighted by Crippen LogP contribution is -2.30. The summed E-state index contributed by atoms with van der Waals surface area (Å²) in [6.45, 7) is 4.52. The zero-order valence-corrected chi connectivity index (χ0v) is 22.4. The zero-order valence-electron chi connectivity index (χ0n) is 22.4. The summed E-state index contributed by atoms with van der Waals surface area (Å²) in [5.74, 6) is 0.460. The van der Waals surface area contributed by atoms with Gasteiger partial charge in [0.1, 0.15) is 17.2 Å². The highest BCUT2D eigenvalue weighted by Gasteiger charge is 2.43. The predicted molar refractivity (Wildman–Crippen MR) is 148 cm³/mol. The number of rotatable bonds is 10. The number of hydrogen-bond acceptors (Lipinski definition) is 8. The Morgan fingerprint density at radius 3 is 2.63 bits per heavy atom. The average Bonchev–Trinajstić information content (AvgIpc) is 3.61. The number of pyridine rings is 1. The van der Waals surface area contributed by atoms with Crippen LogP contribution in [0.3, 0.4) is 0 Å². The number of carbonyl (C=O) groups excluding carboxylic acids is 1. The number of anilines is 3. The number of amides is 1. The first kappa shape index (κ1) is 27.5. The van der Waals surface area contributed by atoms with Crippen molar-refractivity contribution in [2.45, 2.75) is 45.4 Å². The van der Waals surface area contributed by atoms with E-state index in [1.807, 2.05) is 31.1 Å². The molecule has 2 atom stereocenters. The number of fused-ring (bicyclic) bond motifs is 2. The molecule has 2 aliphatic rings. The number of H-pyrrole nitrogens is 1. The number of aryl methyl sites for hydroxylation is 1. The van der Waals surface area contributed by atoms with Crippen molar-refractivity contribution in [2.24, 2.45) is 11.8 Å². The average molecular weight is 523 g/mol. The van der Waals surface area contributed by atoms with E-state index in [4.69, 9.17) is 4.98 Å². The second-order valence-corrected chi connectivity index (χ2v) is 9.91. The van der Waals surface area contributed by atoms with Gasteiger partial charge in [-0.1, -0.05) is 32.6 Å². The van der Waals surface area contributed by atoms with E-state index in [0.717, 1.165) is 49.1 Å². The van der Waals surface area contributed by atoms with E-state index in [0.29, 0.717) is 29.9 Å². The Kier molecular flexibility index (Phi) is 9.24. The molecule has 0 radical (unpaired) electrons. The number of carbonyl (C=O) groups is 2. The molecule has 5 N–H and O–H groups in total. The van der Waals surface area contributed by atoms with Gasteiger partial charge in [-0.2, -0.15) is 4.98 Å². The first-order valence-corrected chi connectivity index (χ1v) is 13.4. The number of aromatic carboxylic acids is 1. The Balaban J connectivity index is 0.00000107. The molecule has 2 saturated heterocycles. The molecule has 3 aromatic rings. The molecule has 38 heavy (non-hydrogen) atoms. The molecule has 0 bridgehead atoms. The van der Waals surface area contributed by atoms with Gasteiger partial charge < -0.3 is 30.9 Å². The molecule has 204 valence electrons. The van der Waals surface area contributed by atoms with Gasteiger partial charge in [-0.25, -0.2) is 14.8 Å². The lowest BCUT2D eigenvalue weighted by molar-refractivity contribution is -0.120. The third kappa shape index (κ3) is 6.28. The number of carboxylic acids is 1. The molecule has 11 heteroatoms. The van der Waals surface area contributed by atoms with Gasteiger partial charge in [0.25, 0.3) is 0 Å². The van der Waals surface area contributed by atoms with E-state index in [1.54, 1.807) is 12.3 Å². The monoisotopic (exact) mass is 522 g/mol. The van der Waals surface area contributed by atoms with Gasteiger partial charge in [0.2, 0.25) is 11.9 Å². The Bertz CT molecular complexity index is 1240. The second kappa shape index (κ2) is 12.8. The molecule has 0 aromatic carbocycles. The fourth-order valence-corrected chi connectivity index (χ4v) is 5.03. The summed E-state index contributed by atoms with van der Waals surface area (Å²) in [6, 6.07) is 5.30. The summed E-state index contributed by atoms with van der Waals surface area (Å²) in [5.41, 5.74) is 2.19. The van der Waals surface area contributed by atoms with E-state index in [2.05, 4.69) is 37.8 Å². The summed E-state index contributed by atoms with van der Waals surface area (Å²) in [5, 5.41) is 19.3. The Morgan fingerprint density at radius 1 is 1.16 bits per heavy atom. The lowest BCUT2D eigenvalue weighted by atomic mass is 10.0. The first-order valence-electron chi connectivity index (χ1n) is 13.4. The van der Waals surface area contributed by atoms with E-state index in [1.165, 1.54) is 19.3 Å². The van der Waals surface area contributed by atoms with Crippen LogP contribution in [0.25, 0.3) is 11.0 Å². The van der Waals surface area contributed by atoms with Crippen molar-refractivity contribution in [3.63, 3.8) is 0 Å². The number of unbranched alkanes of at least 4 members (excludes halogenated alkanes) is 4. The molecule has 11 nitrogen and oxygen atoms in total. The minimum absolute atomic E-state index is 0.0600. The van der Waals surface area contributed by atoms with Crippen molar-refractivity contribution in [3.05, 3.63) is 35.8 Å². The van der Waals surface area contributed by atoms with Crippen LogP contribution < -0.4 is 20.9 Å². The molecule has 0 aliphatic carbocycles. The molecule has 0 saturated carbocycles.